The molecule has 0 aliphatic carbocycles. The molecule has 0 unspecified atom stereocenters. The molecule has 1 heterocycles. The van der Waals surface area contributed by atoms with Gasteiger partial charge < -0.3 is 9.84 Å². The maximum absolute atomic E-state index is 13.6. The predicted octanol–water partition coefficient (Wildman–Crippen LogP) is 1.43. The fourth-order valence-electron chi connectivity index (χ4n) is 2.11. The maximum Gasteiger partial charge on any atom is 0.243 e. The second-order valence-corrected chi connectivity index (χ2v) is 4.15. The molecule has 98 valence electrons. The number of hydrogen-bond acceptors (Lipinski definition) is 4. The molecule has 3 atom stereocenters. The summed E-state index contributed by atoms with van der Waals surface area (Å²) >= 11 is 0. The monoisotopic (exact) mass is 259 g/mol. The number of hydrogen-bond donors (Lipinski definition) is 1. The highest BCUT2D eigenvalue weighted by Crippen LogP contribution is 2.32. The summed E-state index contributed by atoms with van der Waals surface area (Å²) in [4.78, 5) is 10.3. The van der Waals surface area contributed by atoms with Gasteiger partial charge in [0.2, 0.25) is 6.04 Å². The van der Waals surface area contributed by atoms with Crippen LogP contribution in [0.4, 0.5) is 8.78 Å². The molecule has 0 saturated carbocycles. The van der Waals surface area contributed by atoms with Gasteiger partial charge in [0, 0.05) is 17.4 Å². The second-order valence-electron chi connectivity index (χ2n) is 4.15. The SMILES string of the molecule is O=[N+]([O-])[C@@H]1CO[C@@H](O)C[C@H]1c1ccc(F)cc1F. The fourth-order valence-corrected chi connectivity index (χ4v) is 2.11. The van der Waals surface area contributed by atoms with Gasteiger partial charge in [0.1, 0.15) is 18.2 Å². The lowest BCUT2D eigenvalue weighted by Crippen LogP contribution is -2.41. The Bertz CT molecular complexity index is 468. The largest absolute Gasteiger partial charge is 0.368 e. The van der Waals surface area contributed by atoms with Crippen molar-refractivity contribution in [3.05, 3.63) is 45.5 Å². The van der Waals surface area contributed by atoms with Gasteiger partial charge in [-0.25, -0.2) is 8.78 Å². The van der Waals surface area contributed by atoms with Crippen LogP contribution < -0.4 is 0 Å². The summed E-state index contributed by atoms with van der Waals surface area (Å²) in [5.74, 6) is -2.42. The van der Waals surface area contributed by atoms with Gasteiger partial charge in [0.15, 0.2) is 6.29 Å². The van der Waals surface area contributed by atoms with E-state index in [1.165, 1.54) is 6.07 Å². The molecule has 18 heavy (non-hydrogen) atoms. The van der Waals surface area contributed by atoms with Crippen molar-refractivity contribution in [3.8, 4) is 0 Å². The number of aliphatic hydroxyl groups excluding tert-OH is 1. The topological polar surface area (TPSA) is 72.6 Å². The molecular weight excluding hydrogens is 248 g/mol. The summed E-state index contributed by atoms with van der Waals surface area (Å²) in [6.45, 7) is -0.296. The van der Waals surface area contributed by atoms with Crippen molar-refractivity contribution in [1.29, 1.82) is 0 Å². The molecule has 1 aromatic rings. The Balaban J connectivity index is 2.35. The predicted molar refractivity (Wildman–Crippen MR) is 56.5 cm³/mol. The number of nitrogens with zero attached hydrogens (tertiary/aromatic N) is 1. The van der Waals surface area contributed by atoms with Gasteiger partial charge >= 0.3 is 0 Å². The van der Waals surface area contributed by atoms with E-state index in [4.69, 9.17) is 4.74 Å². The maximum atomic E-state index is 13.6. The quantitative estimate of drug-likeness (QED) is 0.644. The highest BCUT2D eigenvalue weighted by atomic mass is 19.1. The Morgan fingerprint density at radius 2 is 2.17 bits per heavy atom. The minimum atomic E-state index is -1.17. The van der Waals surface area contributed by atoms with E-state index < -0.39 is 34.8 Å². The molecule has 0 bridgehead atoms. The van der Waals surface area contributed by atoms with Crippen molar-refractivity contribution in [2.24, 2.45) is 0 Å². The van der Waals surface area contributed by atoms with Gasteiger partial charge in [-0.3, -0.25) is 10.1 Å². The lowest BCUT2D eigenvalue weighted by atomic mass is 9.87. The molecule has 1 aliphatic rings. The first kappa shape index (κ1) is 12.8. The van der Waals surface area contributed by atoms with Crippen molar-refractivity contribution < 1.29 is 23.5 Å². The molecule has 1 fully saturated rings. The van der Waals surface area contributed by atoms with Crippen LogP contribution in [0.5, 0.6) is 0 Å². The summed E-state index contributed by atoms with van der Waals surface area (Å²) in [6.07, 6.45) is -1.26. The normalized spacial score (nSPS) is 28.1. The molecule has 0 radical (unpaired) electrons. The molecule has 5 nitrogen and oxygen atoms in total. The van der Waals surface area contributed by atoms with Crippen molar-refractivity contribution >= 4 is 0 Å². The van der Waals surface area contributed by atoms with Crippen LogP contribution in [0.15, 0.2) is 18.2 Å². The Morgan fingerprint density at radius 3 is 2.78 bits per heavy atom. The third-order valence-corrected chi connectivity index (χ3v) is 3.01. The van der Waals surface area contributed by atoms with Crippen molar-refractivity contribution in [2.45, 2.75) is 24.7 Å². The van der Waals surface area contributed by atoms with Gasteiger partial charge in [-0.2, -0.15) is 0 Å². The van der Waals surface area contributed by atoms with Crippen LogP contribution in [-0.4, -0.2) is 29.0 Å². The molecule has 2 rings (SSSR count). The third-order valence-electron chi connectivity index (χ3n) is 3.01. The minimum absolute atomic E-state index is 0.0282. The Morgan fingerprint density at radius 1 is 1.44 bits per heavy atom. The van der Waals surface area contributed by atoms with Crippen LogP contribution in [0.1, 0.15) is 17.9 Å². The van der Waals surface area contributed by atoms with Crippen LogP contribution in [0, 0.1) is 21.7 Å². The summed E-state index contributed by atoms with van der Waals surface area (Å²) in [7, 11) is 0. The number of ether oxygens (including phenoxy) is 1. The minimum Gasteiger partial charge on any atom is -0.368 e. The van der Waals surface area contributed by atoms with Gasteiger partial charge in [0.25, 0.3) is 0 Å². The zero-order valence-electron chi connectivity index (χ0n) is 9.25. The third kappa shape index (κ3) is 2.46. The van der Waals surface area contributed by atoms with E-state index in [1.54, 1.807) is 0 Å². The number of benzene rings is 1. The van der Waals surface area contributed by atoms with Crippen LogP contribution in [-0.2, 0) is 4.74 Å². The zero-order valence-corrected chi connectivity index (χ0v) is 9.25. The molecule has 1 saturated heterocycles. The standard InChI is InChI=1S/C11H11F2NO4/c12-6-1-2-7(9(13)3-6)8-4-11(15)18-5-10(8)14(16)17/h1-3,8,10-11,15H,4-5H2/t8-,10+,11+/m0/s1. The summed E-state index contributed by atoms with van der Waals surface area (Å²) < 4.78 is 31.2. The lowest BCUT2D eigenvalue weighted by Gasteiger charge is -2.29. The zero-order chi connectivity index (χ0) is 13.3. The Kier molecular flexibility index (Phi) is 3.53. The molecular formula is C11H11F2NO4. The molecule has 0 aromatic heterocycles. The highest BCUT2D eigenvalue weighted by Gasteiger charge is 2.40. The highest BCUT2D eigenvalue weighted by molar-refractivity contribution is 5.24. The van der Waals surface area contributed by atoms with Gasteiger partial charge in [-0.15, -0.1) is 0 Å². The number of rotatable bonds is 2. The molecule has 1 aromatic carbocycles. The summed E-state index contributed by atoms with van der Waals surface area (Å²) in [6, 6.07) is 1.74. The number of aliphatic hydroxyl groups is 1. The first-order valence-corrected chi connectivity index (χ1v) is 5.37. The molecule has 1 aliphatic heterocycles. The average Bonchev–Trinajstić information content (AvgIpc) is 2.28. The van der Waals surface area contributed by atoms with E-state index in [2.05, 4.69) is 0 Å². The Hall–Kier alpha value is -1.60. The first-order chi connectivity index (χ1) is 8.49. The molecule has 1 N–H and O–H groups in total. The Labute approximate surface area is 101 Å². The second kappa shape index (κ2) is 4.95. The number of halogens is 2. The summed E-state index contributed by atoms with van der Waals surface area (Å²) in [5, 5.41) is 20.2. The molecule has 7 heteroatoms. The average molecular weight is 259 g/mol. The molecule has 0 amide bonds. The molecule has 0 spiro atoms. The smallest absolute Gasteiger partial charge is 0.243 e. The lowest BCUT2D eigenvalue weighted by molar-refractivity contribution is -0.538. The van der Waals surface area contributed by atoms with Crippen molar-refractivity contribution in [1.82, 2.24) is 0 Å². The first-order valence-electron chi connectivity index (χ1n) is 5.37. The van der Waals surface area contributed by atoms with Crippen LogP contribution >= 0.6 is 0 Å². The van der Waals surface area contributed by atoms with Crippen LogP contribution in [0.3, 0.4) is 0 Å². The summed E-state index contributed by atoms with van der Waals surface area (Å²) in [5.41, 5.74) is 0.0282. The van der Waals surface area contributed by atoms with Gasteiger partial charge in [-0.05, 0) is 11.6 Å². The van der Waals surface area contributed by atoms with E-state index in [0.717, 1.165) is 6.07 Å². The van der Waals surface area contributed by atoms with Crippen molar-refractivity contribution in [3.63, 3.8) is 0 Å². The van der Waals surface area contributed by atoms with Crippen LogP contribution in [0.25, 0.3) is 0 Å². The van der Waals surface area contributed by atoms with Gasteiger partial charge in [-0.1, -0.05) is 6.07 Å². The van der Waals surface area contributed by atoms with Crippen LogP contribution in [0.2, 0.25) is 0 Å². The van der Waals surface area contributed by atoms with E-state index in [9.17, 15) is 24.0 Å². The van der Waals surface area contributed by atoms with E-state index in [0.29, 0.717) is 6.07 Å². The fraction of sp³-hybridized carbons (Fsp3) is 0.455. The van der Waals surface area contributed by atoms with Gasteiger partial charge in [0.05, 0.1) is 5.92 Å². The van der Waals surface area contributed by atoms with E-state index in [-0.39, 0.29) is 18.6 Å². The van der Waals surface area contributed by atoms with E-state index in [1.807, 2.05) is 0 Å². The van der Waals surface area contributed by atoms with Crippen molar-refractivity contribution in [2.75, 3.05) is 6.61 Å². The van der Waals surface area contributed by atoms with E-state index >= 15 is 0 Å². The number of nitro groups is 1.